The van der Waals surface area contributed by atoms with E-state index in [1.807, 2.05) is 45.2 Å². The van der Waals surface area contributed by atoms with Crippen LogP contribution in [0, 0.1) is 0 Å². The summed E-state index contributed by atoms with van der Waals surface area (Å²) in [5.74, 6) is 1.65. The molecular formula is C15H25NO3. The van der Waals surface area contributed by atoms with Gasteiger partial charge >= 0.3 is 0 Å². The van der Waals surface area contributed by atoms with Crippen LogP contribution in [0.5, 0.6) is 11.5 Å². The Morgan fingerprint density at radius 1 is 1.26 bits per heavy atom. The van der Waals surface area contributed by atoms with Crippen LogP contribution in [0.4, 0.5) is 0 Å². The lowest BCUT2D eigenvalue weighted by molar-refractivity contribution is 0.163. The minimum atomic E-state index is -0.226. The zero-order valence-corrected chi connectivity index (χ0v) is 12.1. The third-order valence-electron chi connectivity index (χ3n) is 3.21. The summed E-state index contributed by atoms with van der Waals surface area (Å²) in [6.45, 7) is 5.38. The first-order valence-corrected chi connectivity index (χ1v) is 6.79. The smallest absolute Gasteiger partial charge is 0.122 e. The largest absolute Gasteiger partial charge is 0.494 e. The van der Waals surface area contributed by atoms with E-state index in [1.54, 1.807) is 0 Å². The number of hydrogen-bond donors (Lipinski definition) is 2. The predicted octanol–water partition coefficient (Wildman–Crippen LogP) is 2.21. The standard InChI is InChI=1S/C15H25NO3/c1-4-18-13-7-5-8-14(11-13)19-10-6-9-15(2,12-17)16-3/h5,7-8,11,16-17H,4,6,9-10,12H2,1-3H3. The molecule has 1 aromatic rings. The van der Waals surface area contributed by atoms with Gasteiger partial charge in [0.25, 0.3) is 0 Å². The van der Waals surface area contributed by atoms with Crippen LogP contribution in [0.2, 0.25) is 0 Å². The number of rotatable bonds is 9. The molecule has 4 nitrogen and oxygen atoms in total. The molecule has 0 aromatic heterocycles. The summed E-state index contributed by atoms with van der Waals surface area (Å²) < 4.78 is 11.1. The highest BCUT2D eigenvalue weighted by atomic mass is 16.5. The molecule has 0 radical (unpaired) electrons. The van der Waals surface area contributed by atoms with Gasteiger partial charge in [-0.1, -0.05) is 6.07 Å². The summed E-state index contributed by atoms with van der Waals surface area (Å²) in [6, 6.07) is 7.66. The first-order valence-electron chi connectivity index (χ1n) is 6.79. The summed E-state index contributed by atoms with van der Waals surface area (Å²) in [5.41, 5.74) is -0.226. The van der Waals surface area contributed by atoms with E-state index in [1.165, 1.54) is 0 Å². The maximum atomic E-state index is 9.28. The zero-order valence-electron chi connectivity index (χ0n) is 12.1. The minimum Gasteiger partial charge on any atom is -0.494 e. The van der Waals surface area contributed by atoms with E-state index in [0.717, 1.165) is 24.3 Å². The highest BCUT2D eigenvalue weighted by Crippen LogP contribution is 2.20. The SMILES string of the molecule is CCOc1cccc(OCCCC(C)(CO)NC)c1. The Balaban J connectivity index is 2.35. The number of aliphatic hydroxyl groups is 1. The molecule has 0 amide bonds. The summed E-state index contributed by atoms with van der Waals surface area (Å²) in [7, 11) is 1.86. The van der Waals surface area contributed by atoms with E-state index in [2.05, 4.69) is 5.32 Å². The molecule has 4 heteroatoms. The van der Waals surface area contributed by atoms with Crippen LogP contribution in [0.1, 0.15) is 26.7 Å². The van der Waals surface area contributed by atoms with Crippen LogP contribution in [0.25, 0.3) is 0 Å². The summed E-state index contributed by atoms with van der Waals surface area (Å²) in [5, 5.41) is 12.4. The predicted molar refractivity (Wildman–Crippen MR) is 76.9 cm³/mol. The fourth-order valence-electron chi connectivity index (χ4n) is 1.76. The van der Waals surface area contributed by atoms with Gasteiger partial charge in [-0.2, -0.15) is 0 Å². The molecule has 1 rings (SSSR count). The van der Waals surface area contributed by atoms with Gasteiger partial charge in [-0.15, -0.1) is 0 Å². The van der Waals surface area contributed by atoms with E-state index in [4.69, 9.17) is 9.47 Å². The van der Waals surface area contributed by atoms with E-state index >= 15 is 0 Å². The molecule has 0 spiro atoms. The normalized spacial score (nSPS) is 13.9. The van der Waals surface area contributed by atoms with Crippen LogP contribution in [0.15, 0.2) is 24.3 Å². The number of ether oxygens (including phenoxy) is 2. The van der Waals surface area contributed by atoms with Crippen molar-refractivity contribution in [3.05, 3.63) is 24.3 Å². The van der Waals surface area contributed by atoms with Crippen LogP contribution in [-0.2, 0) is 0 Å². The molecule has 0 aliphatic heterocycles. The second kappa shape index (κ2) is 8.02. The minimum absolute atomic E-state index is 0.128. The van der Waals surface area contributed by atoms with Gasteiger partial charge in [0.1, 0.15) is 11.5 Å². The van der Waals surface area contributed by atoms with Crippen molar-refractivity contribution in [2.45, 2.75) is 32.2 Å². The number of aliphatic hydroxyl groups excluding tert-OH is 1. The molecule has 108 valence electrons. The van der Waals surface area contributed by atoms with Crippen molar-refractivity contribution < 1.29 is 14.6 Å². The first-order chi connectivity index (χ1) is 9.13. The molecule has 0 saturated heterocycles. The second-order valence-electron chi connectivity index (χ2n) is 4.83. The fraction of sp³-hybridized carbons (Fsp3) is 0.600. The number of likely N-dealkylation sites (N-methyl/N-ethyl adjacent to an activating group) is 1. The molecule has 0 aliphatic rings. The lowest BCUT2D eigenvalue weighted by Gasteiger charge is -2.26. The lowest BCUT2D eigenvalue weighted by atomic mass is 9.97. The Hall–Kier alpha value is -1.26. The fourth-order valence-corrected chi connectivity index (χ4v) is 1.76. The molecule has 1 atom stereocenters. The molecule has 1 aromatic carbocycles. The molecule has 0 fully saturated rings. The van der Waals surface area contributed by atoms with Gasteiger partial charge < -0.3 is 19.9 Å². The molecule has 0 aliphatic carbocycles. The second-order valence-corrected chi connectivity index (χ2v) is 4.83. The Labute approximate surface area is 115 Å². The molecule has 0 heterocycles. The highest BCUT2D eigenvalue weighted by Gasteiger charge is 2.19. The third kappa shape index (κ3) is 5.49. The zero-order chi connectivity index (χ0) is 14.1. The van der Waals surface area contributed by atoms with E-state index in [9.17, 15) is 5.11 Å². The van der Waals surface area contributed by atoms with Crippen molar-refractivity contribution in [3.8, 4) is 11.5 Å². The van der Waals surface area contributed by atoms with Crippen molar-refractivity contribution in [1.82, 2.24) is 5.32 Å². The van der Waals surface area contributed by atoms with Gasteiger partial charge in [0.05, 0.1) is 19.8 Å². The Morgan fingerprint density at radius 3 is 2.53 bits per heavy atom. The van der Waals surface area contributed by atoms with E-state index in [0.29, 0.717) is 13.2 Å². The molecular weight excluding hydrogens is 242 g/mol. The van der Waals surface area contributed by atoms with Crippen molar-refractivity contribution in [2.24, 2.45) is 0 Å². The first kappa shape index (κ1) is 15.8. The van der Waals surface area contributed by atoms with Crippen LogP contribution in [-0.4, -0.2) is 37.5 Å². The van der Waals surface area contributed by atoms with Gasteiger partial charge in [0.15, 0.2) is 0 Å². The topological polar surface area (TPSA) is 50.7 Å². The molecule has 0 bridgehead atoms. The number of nitrogens with one attached hydrogen (secondary N) is 1. The number of benzene rings is 1. The molecule has 2 N–H and O–H groups in total. The summed E-state index contributed by atoms with van der Waals surface area (Å²) in [6.07, 6.45) is 1.75. The average Bonchev–Trinajstić information content (AvgIpc) is 2.44. The van der Waals surface area contributed by atoms with Gasteiger partial charge in [-0.3, -0.25) is 0 Å². The maximum Gasteiger partial charge on any atom is 0.122 e. The third-order valence-corrected chi connectivity index (χ3v) is 3.21. The monoisotopic (exact) mass is 267 g/mol. The number of hydrogen-bond acceptors (Lipinski definition) is 4. The Bertz CT molecular complexity index is 364. The lowest BCUT2D eigenvalue weighted by Crippen LogP contribution is -2.43. The van der Waals surface area contributed by atoms with Crippen molar-refractivity contribution >= 4 is 0 Å². The van der Waals surface area contributed by atoms with Gasteiger partial charge in [-0.05, 0) is 45.9 Å². The van der Waals surface area contributed by atoms with Gasteiger partial charge in [0, 0.05) is 11.6 Å². The maximum absolute atomic E-state index is 9.28. The van der Waals surface area contributed by atoms with E-state index < -0.39 is 0 Å². The molecule has 0 saturated carbocycles. The van der Waals surface area contributed by atoms with Gasteiger partial charge in [0.2, 0.25) is 0 Å². The van der Waals surface area contributed by atoms with Crippen LogP contribution < -0.4 is 14.8 Å². The summed E-state index contributed by atoms with van der Waals surface area (Å²) >= 11 is 0. The average molecular weight is 267 g/mol. The van der Waals surface area contributed by atoms with Crippen molar-refractivity contribution in [1.29, 1.82) is 0 Å². The van der Waals surface area contributed by atoms with Crippen LogP contribution in [0.3, 0.4) is 0 Å². The Kier molecular flexibility index (Phi) is 6.67. The van der Waals surface area contributed by atoms with Gasteiger partial charge in [-0.25, -0.2) is 0 Å². The van der Waals surface area contributed by atoms with Crippen LogP contribution >= 0.6 is 0 Å². The highest BCUT2D eigenvalue weighted by molar-refractivity contribution is 5.32. The quantitative estimate of drug-likeness (QED) is 0.674. The van der Waals surface area contributed by atoms with Crippen molar-refractivity contribution in [2.75, 3.05) is 26.9 Å². The Morgan fingerprint density at radius 2 is 1.95 bits per heavy atom. The van der Waals surface area contributed by atoms with Crippen molar-refractivity contribution in [3.63, 3.8) is 0 Å². The molecule has 19 heavy (non-hydrogen) atoms. The summed E-state index contributed by atoms with van der Waals surface area (Å²) in [4.78, 5) is 0. The van der Waals surface area contributed by atoms with E-state index in [-0.39, 0.29) is 12.1 Å². The molecule has 1 unspecified atom stereocenters.